The van der Waals surface area contributed by atoms with E-state index < -0.39 is 0 Å². The zero-order valence-corrected chi connectivity index (χ0v) is 8.83. The molecule has 0 saturated carbocycles. The minimum absolute atomic E-state index is 0.575. The van der Waals surface area contributed by atoms with Crippen LogP contribution in [0.2, 0.25) is 0 Å². The molecule has 0 N–H and O–H groups in total. The highest BCUT2D eigenvalue weighted by Gasteiger charge is 2.11. The second-order valence-corrected chi connectivity index (χ2v) is 3.41. The first kappa shape index (κ1) is 10.3. The minimum Gasteiger partial charge on any atom is -0.300 e. The molecule has 0 bridgehead atoms. The summed E-state index contributed by atoms with van der Waals surface area (Å²) >= 11 is 0. The van der Waals surface area contributed by atoms with E-state index in [1.165, 1.54) is 12.0 Å². The van der Waals surface area contributed by atoms with E-state index in [1.54, 1.807) is 0 Å². The van der Waals surface area contributed by atoms with Gasteiger partial charge in [-0.1, -0.05) is 44.2 Å². The maximum atomic E-state index is 2.38. The van der Waals surface area contributed by atoms with Crippen molar-refractivity contribution in [2.24, 2.45) is 0 Å². The fourth-order valence-corrected chi connectivity index (χ4v) is 1.70. The highest BCUT2D eigenvalue weighted by atomic mass is 15.1. The Morgan fingerprint density at radius 3 is 2.23 bits per heavy atom. The van der Waals surface area contributed by atoms with Gasteiger partial charge in [-0.25, -0.2) is 0 Å². The van der Waals surface area contributed by atoms with Gasteiger partial charge in [-0.15, -0.1) is 0 Å². The molecule has 1 atom stereocenters. The molecule has 1 aromatic rings. The van der Waals surface area contributed by atoms with Crippen LogP contribution >= 0.6 is 0 Å². The zero-order valence-electron chi connectivity index (χ0n) is 8.83. The first-order valence-electron chi connectivity index (χ1n) is 5.04. The van der Waals surface area contributed by atoms with Crippen molar-refractivity contribution >= 4 is 0 Å². The molecule has 72 valence electrons. The zero-order chi connectivity index (χ0) is 9.68. The molecule has 0 amide bonds. The third-order valence-corrected chi connectivity index (χ3v) is 2.60. The molecule has 0 heterocycles. The molecule has 0 aliphatic rings. The SMILES string of the molecule is CCC(c1ccccc1)N(C)CC. The van der Waals surface area contributed by atoms with E-state index >= 15 is 0 Å². The van der Waals surface area contributed by atoms with Crippen LogP contribution < -0.4 is 0 Å². The van der Waals surface area contributed by atoms with Crippen LogP contribution in [-0.4, -0.2) is 18.5 Å². The van der Waals surface area contributed by atoms with Crippen LogP contribution in [0, 0.1) is 0 Å². The van der Waals surface area contributed by atoms with E-state index in [0.717, 1.165) is 6.54 Å². The Morgan fingerprint density at radius 1 is 1.15 bits per heavy atom. The van der Waals surface area contributed by atoms with E-state index in [9.17, 15) is 0 Å². The van der Waals surface area contributed by atoms with E-state index in [1.807, 2.05) is 0 Å². The van der Waals surface area contributed by atoms with Crippen LogP contribution in [0.4, 0.5) is 0 Å². The van der Waals surface area contributed by atoms with Gasteiger partial charge in [-0.2, -0.15) is 0 Å². The van der Waals surface area contributed by atoms with Crippen LogP contribution in [0.15, 0.2) is 30.3 Å². The Labute approximate surface area is 81.4 Å². The molecule has 0 fully saturated rings. The van der Waals surface area contributed by atoms with E-state index in [2.05, 4.69) is 56.1 Å². The van der Waals surface area contributed by atoms with Gasteiger partial charge in [-0.05, 0) is 25.6 Å². The van der Waals surface area contributed by atoms with Crippen LogP contribution in [0.25, 0.3) is 0 Å². The molecule has 1 heteroatoms. The molecule has 0 radical (unpaired) electrons. The van der Waals surface area contributed by atoms with Gasteiger partial charge < -0.3 is 0 Å². The first-order chi connectivity index (χ1) is 6.29. The predicted molar refractivity (Wildman–Crippen MR) is 57.8 cm³/mol. The first-order valence-corrected chi connectivity index (χ1v) is 5.04. The summed E-state index contributed by atoms with van der Waals surface area (Å²) in [4.78, 5) is 2.38. The summed E-state index contributed by atoms with van der Waals surface area (Å²) < 4.78 is 0. The molecular formula is C12H19N. The maximum Gasteiger partial charge on any atom is 0.0342 e. The Morgan fingerprint density at radius 2 is 1.77 bits per heavy atom. The van der Waals surface area contributed by atoms with E-state index in [0.29, 0.717) is 6.04 Å². The summed E-state index contributed by atoms with van der Waals surface area (Å²) in [6.45, 7) is 5.54. The lowest BCUT2D eigenvalue weighted by atomic mass is 10.0. The van der Waals surface area contributed by atoms with Crippen molar-refractivity contribution < 1.29 is 0 Å². The highest BCUT2D eigenvalue weighted by Crippen LogP contribution is 2.21. The summed E-state index contributed by atoms with van der Waals surface area (Å²) in [5, 5.41) is 0. The molecule has 0 aromatic heterocycles. The Bertz CT molecular complexity index is 230. The van der Waals surface area contributed by atoms with Gasteiger partial charge in [0.25, 0.3) is 0 Å². The molecule has 13 heavy (non-hydrogen) atoms. The van der Waals surface area contributed by atoms with Crippen molar-refractivity contribution in [1.29, 1.82) is 0 Å². The molecular weight excluding hydrogens is 158 g/mol. The van der Waals surface area contributed by atoms with Gasteiger partial charge in [0.1, 0.15) is 0 Å². The van der Waals surface area contributed by atoms with Crippen molar-refractivity contribution in [3.05, 3.63) is 35.9 Å². The second kappa shape index (κ2) is 5.03. The minimum atomic E-state index is 0.575. The lowest BCUT2D eigenvalue weighted by Crippen LogP contribution is -2.23. The van der Waals surface area contributed by atoms with Gasteiger partial charge in [0.05, 0.1) is 0 Å². The molecule has 0 spiro atoms. The largest absolute Gasteiger partial charge is 0.300 e. The second-order valence-electron chi connectivity index (χ2n) is 3.41. The normalized spacial score (nSPS) is 13.2. The molecule has 1 nitrogen and oxygen atoms in total. The summed E-state index contributed by atoms with van der Waals surface area (Å²) in [6, 6.07) is 11.3. The van der Waals surface area contributed by atoms with E-state index in [4.69, 9.17) is 0 Å². The number of rotatable bonds is 4. The van der Waals surface area contributed by atoms with Gasteiger partial charge >= 0.3 is 0 Å². The molecule has 0 aliphatic heterocycles. The van der Waals surface area contributed by atoms with Crippen molar-refractivity contribution in [1.82, 2.24) is 4.90 Å². The fourth-order valence-electron chi connectivity index (χ4n) is 1.70. The van der Waals surface area contributed by atoms with E-state index in [-0.39, 0.29) is 0 Å². The smallest absolute Gasteiger partial charge is 0.0342 e. The van der Waals surface area contributed by atoms with Crippen LogP contribution in [0.1, 0.15) is 31.9 Å². The number of benzene rings is 1. The molecule has 1 unspecified atom stereocenters. The third-order valence-electron chi connectivity index (χ3n) is 2.60. The number of hydrogen-bond donors (Lipinski definition) is 0. The third kappa shape index (κ3) is 2.56. The molecule has 0 aliphatic carbocycles. The van der Waals surface area contributed by atoms with Crippen LogP contribution in [0.3, 0.4) is 0 Å². The summed E-state index contributed by atoms with van der Waals surface area (Å²) in [5.41, 5.74) is 1.43. The summed E-state index contributed by atoms with van der Waals surface area (Å²) in [5.74, 6) is 0. The standard InChI is InChI=1S/C12H19N/c1-4-12(13(3)5-2)11-9-7-6-8-10-11/h6-10,12H,4-5H2,1-3H3. The van der Waals surface area contributed by atoms with Gasteiger partial charge in [-0.3, -0.25) is 4.90 Å². The highest BCUT2D eigenvalue weighted by molar-refractivity contribution is 5.18. The van der Waals surface area contributed by atoms with Gasteiger partial charge in [0.15, 0.2) is 0 Å². The fraction of sp³-hybridized carbons (Fsp3) is 0.500. The summed E-state index contributed by atoms with van der Waals surface area (Å²) in [7, 11) is 2.18. The average Bonchev–Trinajstić information content (AvgIpc) is 2.20. The van der Waals surface area contributed by atoms with Crippen LogP contribution in [-0.2, 0) is 0 Å². The number of hydrogen-bond acceptors (Lipinski definition) is 1. The van der Waals surface area contributed by atoms with Crippen molar-refractivity contribution in [3.63, 3.8) is 0 Å². The monoisotopic (exact) mass is 177 g/mol. The molecule has 1 aromatic carbocycles. The van der Waals surface area contributed by atoms with Gasteiger partial charge in [0.2, 0.25) is 0 Å². The Kier molecular flexibility index (Phi) is 3.97. The number of nitrogens with zero attached hydrogens (tertiary/aromatic N) is 1. The predicted octanol–water partition coefficient (Wildman–Crippen LogP) is 3.09. The Hall–Kier alpha value is -0.820. The quantitative estimate of drug-likeness (QED) is 0.683. The van der Waals surface area contributed by atoms with Crippen molar-refractivity contribution in [2.75, 3.05) is 13.6 Å². The average molecular weight is 177 g/mol. The van der Waals surface area contributed by atoms with Gasteiger partial charge in [0, 0.05) is 6.04 Å². The topological polar surface area (TPSA) is 3.24 Å². The lowest BCUT2D eigenvalue weighted by molar-refractivity contribution is 0.251. The summed E-state index contributed by atoms with van der Waals surface area (Å²) in [6.07, 6.45) is 1.17. The van der Waals surface area contributed by atoms with Crippen molar-refractivity contribution in [2.45, 2.75) is 26.3 Å². The maximum absolute atomic E-state index is 2.38. The van der Waals surface area contributed by atoms with Crippen molar-refractivity contribution in [3.8, 4) is 0 Å². The lowest BCUT2D eigenvalue weighted by Gasteiger charge is -2.26. The Balaban J connectivity index is 2.78. The molecule has 1 rings (SSSR count). The molecule has 0 saturated heterocycles. The van der Waals surface area contributed by atoms with Crippen LogP contribution in [0.5, 0.6) is 0 Å².